The topological polar surface area (TPSA) is 174 Å². The van der Waals surface area contributed by atoms with Crippen LogP contribution in [0.3, 0.4) is 0 Å². The molecule has 8 aliphatic heterocycles. The molecular weight excluding hydrogens is 1200 g/mol. The zero-order valence-corrected chi connectivity index (χ0v) is 58.2. The number of fused-ring (bicyclic) bond motifs is 32. The number of nitrogens with one attached hydrogen (secondary N) is 2. The second kappa shape index (κ2) is 27.4. The molecule has 8 bridgehead atoms. The van der Waals surface area contributed by atoms with Crippen LogP contribution in [0.2, 0.25) is 0 Å². The van der Waals surface area contributed by atoms with Gasteiger partial charge in [-0.3, -0.25) is 0 Å². The summed E-state index contributed by atoms with van der Waals surface area (Å²) in [5.74, 6) is 6.85. The van der Waals surface area contributed by atoms with E-state index in [1.54, 1.807) is 0 Å². The van der Waals surface area contributed by atoms with Crippen LogP contribution in [0.5, 0.6) is 0 Å². The van der Waals surface area contributed by atoms with Crippen molar-refractivity contribution in [2.24, 2.45) is 20.0 Å². The molecule has 0 saturated heterocycles. The van der Waals surface area contributed by atoms with Crippen LogP contribution in [-0.4, -0.2) is 81.5 Å². The second-order valence-electron chi connectivity index (χ2n) is 21.0. The first-order valence-electron chi connectivity index (χ1n) is 34.8. The van der Waals surface area contributed by atoms with E-state index in [4.69, 9.17) is 49.9 Å². The highest BCUT2D eigenvalue weighted by Crippen LogP contribution is 2.52. The van der Waals surface area contributed by atoms with Gasteiger partial charge in [-0.25, -0.2) is 29.9 Å². The summed E-state index contributed by atoms with van der Waals surface area (Å²) in [6.07, 6.45) is 0. The Hall–Kier alpha value is -11.5. The zero-order chi connectivity index (χ0) is 68.4. The van der Waals surface area contributed by atoms with E-state index in [0.29, 0.717) is 45.9 Å². The van der Waals surface area contributed by atoms with Crippen LogP contribution in [0.25, 0.3) is 111 Å². The van der Waals surface area contributed by atoms with Crippen molar-refractivity contribution in [1.29, 1.82) is 0 Å². The molecule has 8 aliphatic rings. The van der Waals surface area contributed by atoms with Crippen LogP contribution in [0, 0.1) is 0 Å². The van der Waals surface area contributed by atoms with Crippen molar-refractivity contribution in [2.75, 3.05) is 0 Å². The molecule has 0 atom stereocenters. The molecule has 0 saturated carbocycles. The van der Waals surface area contributed by atoms with E-state index in [1.165, 1.54) is 0 Å². The van der Waals surface area contributed by atoms with Crippen molar-refractivity contribution in [3.05, 3.63) is 227 Å². The SMILES string of the molecule is CC.CC.CC.CC.CC.CC.CC.CC.c1ccc2c(c1)-c1nc-2nc2[nH]c(nc3nc(nc4[nH]c(n1)c1ccccc41)-c1ccccc1-3)c1ccccc21.c1ccc2c(c1)C1=Nc3c4ccccc4c4n3C35n6c(c7ccccc7c6=NC6=[N+]3C(=N4)c3ccccc36)=NC2=[N+]15. The summed E-state index contributed by atoms with van der Waals surface area (Å²) in [5.41, 5.74) is 12.6. The summed E-state index contributed by atoms with van der Waals surface area (Å²) < 4.78 is 9.32. The van der Waals surface area contributed by atoms with Crippen molar-refractivity contribution in [3.63, 3.8) is 0 Å². The molecule has 5 aromatic heterocycles. The molecule has 13 aromatic rings. The van der Waals surface area contributed by atoms with E-state index in [1.807, 2.05) is 208 Å². The van der Waals surface area contributed by atoms with Crippen molar-refractivity contribution >= 4 is 101 Å². The van der Waals surface area contributed by atoms with Crippen LogP contribution in [-0.2, 0) is 5.91 Å². The highest BCUT2D eigenvalue weighted by Gasteiger charge is 2.69. The van der Waals surface area contributed by atoms with Gasteiger partial charge in [0.05, 0.1) is 22.3 Å². The average Bonchev–Trinajstić information content (AvgIpc) is 1.48. The molecule has 16 heteroatoms. The molecular formula is C81H82N16+2. The molecule has 21 rings (SSSR count). The standard InChI is InChI=1S/C33H16N8.C32H18N8.8C2H6/c1-2-10-18-17(9-1)25-34-27-19-11-3-4-12-20(19)29-36-31-23-15-7-8-16-24(23)32-37-30-22-14-6-5-13-21(22)28-35-26(18)38(25)33(39(27)29,40(28)30)41(31)32;1-2-10-18-17(9-1)25-33-26(18)38-28-21-13-5-6-14-22(21)30(35-28)40-32-24-16-8-7-15-23(24)31(36-32)39-29-20-12-4-3-11-19(20)27(34-29)37-25;8*1-2/h1-16H;1-16H,(H2,33,34,35,36,37,38,39,40);8*1-2H3/q+2;;;;;;;;;. The molecule has 97 heavy (non-hydrogen) atoms. The Morgan fingerprint density at radius 1 is 0.258 bits per heavy atom. The number of hydrogen-bond acceptors (Lipinski definition) is 10. The lowest BCUT2D eigenvalue weighted by molar-refractivity contribution is -0.790. The van der Waals surface area contributed by atoms with Gasteiger partial charge < -0.3 is 9.97 Å². The van der Waals surface area contributed by atoms with Gasteiger partial charge >= 0.3 is 5.91 Å². The molecule has 13 heterocycles. The monoisotopic (exact) mass is 1280 g/mol. The Morgan fingerprint density at radius 3 is 0.804 bits per heavy atom. The molecule has 0 fully saturated rings. The third-order valence-electron chi connectivity index (χ3n) is 16.8. The number of aromatic nitrogens is 10. The van der Waals surface area contributed by atoms with Gasteiger partial charge in [-0.2, -0.15) is 9.13 Å². The lowest BCUT2D eigenvalue weighted by atomic mass is 10.1. The zero-order valence-electron chi connectivity index (χ0n) is 58.2. The van der Waals surface area contributed by atoms with Crippen LogP contribution in [0.15, 0.2) is 214 Å². The van der Waals surface area contributed by atoms with E-state index >= 15 is 0 Å². The Kier molecular flexibility index (Phi) is 18.5. The van der Waals surface area contributed by atoms with Gasteiger partial charge in [0.25, 0.3) is 23.3 Å². The maximum Gasteiger partial charge on any atom is 0.404 e. The number of hydrogen-bond donors (Lipinski definition) is 2. The van der Waals surface area contributed by atoms with Crippen molar-refractivity contribution < 1.29 is 9.15 Å². The lowest BCUT2D eigenvalue weighted by Crippen LogP contribution is -2.71. The van der Waals surface area contributed by atoms with Gasteiger partial charge in [0.1, 0.15) is 22.6 Å². The Bertz CT molecular complexity index is 5200. The summed E-state index contributed by atoms with van der Waals surface area (Å²) in [5, 5.41) is 8.15. The van der Waals surface area contributed by atoms with Gasteiger partial charge in [-0.05, 0) is 48.5 Å². The summed E-state index contributed by atoms with van der Waals surface area (Å²) in [7, 11) is 0. The van der Waals surface area contributed by atoms with E-state index in [0.717, 1.165) is 134 Å². The fourth-order valence-electron chi connectivity index (χ4n) is 13.5. The Morgan fingerprint density at radius 2 is 0.505 bits per heavy atom. The highest BCUT2D eigenvalue weighted by atomic mass is 15.7. The van der Waals surface area contributed by atoms with Crippen LogP contribution in [0.4, 0.5) is 11.6 Å². The van der Waals surface area contributed by atoms with Crippen molar-refractivity contribution in [1.82, 2.24) is 49.0 Å². The Labute approximate surface area is 565 Å². The third kappa shape index (κ3) is 9.62. The van der Waals surface area contributed by atoms with Crippen LogP contribution < -0.4 is 11.0 Å². The first-order valence-corrected chi connectivity index (χ1v) is 34.8. The summed E-state index contributed by atoms with van der Waals surface area (Å²) >= 11 is 0. The van der Waals surface area contributed by atoms with Gasteiger partial charge in [0.2, 0.25) is 22.6 Å². The van der Waals surface area contributed by atoms with E-state index < -0.39 is 5.91 Å². The number of nitrogens with zero attached hydrogens (tertiary/aromatic N) is 14. The minimum absolute atomic E-state index is 0.597. The number of aliphatic imine (C=N–C) groups is 2. The minimum Gasteiger partial charge on any atom is -0.324 e. The van der Waals surface area contributed by atoms with E-state index in [-0.39, 0.29) is 0 Å². The quantitative estimate of drug-likeness (QED) is 0.143. The molecule has 16 nitrogen and oxygen atoms in total. The average molecular weight is 1280 g/mol. The first-order chi connectivity index (χ1) is 48.2. The molecule has 0 unspecified atom stereocenters. The summed E-state index contributed by atoms with van der Waals surface area (Å²) in [4.78, 5) is 58.4. The fraction of sp³-hybridized carbons (Fsp3) is 0.210. The highest BCUT2D eigenvalue weighted by molar-refractivity contribution is 6.20. The van der Waals surface area contributed by atoms with Gasteiger partial charge in [-0.1, -0.05) is 276 Å². The van der Waals surface area contributed by atoms with Gasteiger partial charge in [0, 0.05) is 65.3 Å². The number of aromatic amines is 2. The number of amidine groups is 4. The second-order valence-corrected chi connectivity index (χ2v) is 21.0. The van der Waals surface area contributed by atoms with Gasteiger partial charge in [-0.15, -0.1) is 9.15 Å². The third-order valence-corrected chi connectivity index (χ3v) is 16.8. The maximum absolute atomic E-state index is 5.42. The van der Waals surface area contributed by atoms with Crippen molar-refractivity contribution in [3.8, 4) is 45.6 Å². The fourth-order valence-corrected chi connectivity index (χ4v) is 13.5. The van der Waals surface area contributed by atoms with Crippen LogP contribution >= 0.6 is 0 Å². The predicted molar refractivity (Wildman–Crippen MR) is 400 cm³/mol. The predicted octanol–water partition coefficient (Wildman–Crippen LogP) is 18.8. The minimum atomic E-state index is -0.923. The molecule has 0 amide bonds. The largest absolute Gasteiger partial charge is 0.404 e. The lowest BCUT2D eigenvalue weighted by Gasteiger charge is -2.40. The Balaban J connectivity index is 0.000000154. The summed E-state index contributed by atoms with van der Waals surface area (Å²) in [6, 6.07) is 66.2. The van der Waals surface area contributed by atoms with Gasteiger partial charge in [0.15, 0.2) is 23.3 Å². The molecule has 0 radical (unpaired) electrons. The summed E-state index contributed by atoms with van der Waals surface area (Å²) in [6.45, 7) is 32.0. The molecule has 2 N–H and O–H groups in total. The maximum atomic E-state index is 5.42. The van der Waals surface area contributed by atoms with Crippen molar-refractivity contribution in [2.45, 2.75) is 117 Å². The number of benzene rings is 8. The van der Waals surface area contributed by atoms with E-state index in [2.05, 4.69) is 125 Å². The first kappa shape index (κ1) is 65.5. The molecule has 1 spiro atoms. The normalized spacial score (nSPS) is 13.2. The molecule has 484 valence electrons. The van der Waals surface area contributed by atoms with E-state index in [9.17, 15) is 0 Å². The molecule has 8 aromatic carbocycles. The smallest absolute Gasteiger partial charge is 0.324 e. The number of rotatable bonds is 0. The van der Waals surface area contributed by atoms with Crippen LogP contribution in [0.1, 0.15) is 133 Å². The number of H-pyrrole nitrogens is 2. The molecule has 0 aliphatic carbocycles.